The van der Waals surface area contributed by atoms with Crippen molar-refractivity contribution in [1.82, 2.24) is 9.88 Å². The van der Waals surface area contributed by atoms with E-state index in [1.54, 1.807) is 35.4 Å². The number of carbonyl (C=O) groups is 2. The van der Waals surface area contributed by atoms with E-state index in [4.69, 9.17) is 27.9 Å². The molecule has 1 aliphatic rings. The standard InChI is InChI=1S/C26H25Cl2N3O4/c1-26(2,3)35-25(34)31-10-8-15(9-11-31)20-14-29-21-6-4-16(27)12-18(21)23(20)30-22-7-5-17(28)13-19(22)24(32)33/h4-8,12-14H,9-11H2,1-3H3,(H,29,30)(H,32,33). The molecule has 1 amide bonds. The molecular weight excluding hydrogens is 489 g/mol. The van der Waals surface area contributed by atoms with Crippen LogP contribution < -0.4 is 5.32 Å². The molecule has 7 nitrogen and oxygen atoms in total. The van der Waals surface area contributed by atoms with Gasteiger partial charge in [-0.05, 0) is 69.2 Å². The quantitative estimate of drug-likeness (QED) is 0.389. The second kappa shape index (κ2) is 9.76. The van der Waals surface area contributed by atoms with Crippen LogP contribution in [0.3, 0.4) is 0 Å². The smallest absolute Gasteiger partial charge is 0.410 e. The molecule has 0 saturated heterocycles. The summed E-state index contributed by atoms with van der Waals surface area (Å²) in [5.74, 6) is -1.10. The van der Waals surface area contributed by atoms with Gasteiger partial charge in [0.1, 0.15) is 5.60 Å². The van der Waals surface area contributed by atoms with Gasteiger partial charge in [-0.25, -0.2) is 9.59 Å². The number of hydrogen-bond acceptors (Lipinski definition) is 5. The number of halogens is 2. The lowest BCUT2D eigenvalue weighted by molar-refractivity contribution is 0.0270. The van der Waals surface area contributed by atoms with E-state index < -0.39 is 11.6 Å². The second-order valence-corrected chi connectivity index (χ2v) is 10.1. The summed E-state index contributed by atoms with van der Waals surface area (Å²) in [6, 6.07) is 10.0. The fraction of sp³-hybridized carbons (Fsp3) is 0.269. The topological polar surface area (TPSA) is 91.8 Å². The molecule has 0 radical (unpaired) electrons. The Balaban J connectivity index is 1.76. The van der Waals surface area contributed by atoms with E-state index in [0.717, 1.165) is 16.5 Å². The van der Waals surface area contributed by atoms with Gasteiger partial charge in [0.05, 0.1) is 22.5 Å². The number of carboxylic acids is 1. The molecule has 0 bridgehead atoms. The summed E-state index contributed by atoms with van der Waals surface area (Å²) < 4.78 is 5.49. The molecule has 35 heavy (non-hydrogen) atoms. The van der Waals surface area contributed by atoms with Crippen molar-refractivity contribution in [3.63, 3.8) is 0 Å². The molecule has 9 heteroatoms. The number of carbonyl (C=O) groups excluding carboxylic acids is 1. The van der Waals surface area contributed by atoms with E-state index in [0.29, 0.717) is 46.4 Å². The first kappa shape index (κ1) is 24.8. The molecule has 1 aromatic heterocycles. The van der Waals surface area contributed by atoms with E-state index in [-0.39, 0.29) is 11.7 Å². The van der Waals surface area contributed by atoms with Crippen LogP contribution in [0.25, 0.3) is 16.5 Å². The zero-order valence-electron chi connectivity index (χ0n) is 19.6. The monoisotopic (exact) mass is 513 g/mol. The van der Waals surface area contributed by atoms with Crippen molar-refractivity contribution in [3.05, 3.63) is 69.8 Å². The van der Waals surface area contributed by atoms with Crippen molar-refractivity contribution in [3.8, 4) is 0 Å². The highest BCUT2D eigenvalue weighted by Crippen LogP contribution is 2.37. The average molecular weight is 514 g/mol. The molecule has 2 N–H and O–H groups in total. The number of ether oxygens (including phenoxy) is 1. The van der Waals surface area contributed by atoms with Gasteiger partial charge in [-0.15, -0.1) is 0 Å². The van der Waals surface area contributed by atoms with Crippen LogP contribution in [0.5, 0.6) is 0 Å². The Labute approximate surface area is 213 Å². The van der Waals surface area contributed by atoms with Gasteiger partial charge in [0, 0.05) is 40.3 Å². The van der Waals surface area contributed by atoms with Gasteiger partial charge in [0.2, 0.25) is 0 Å². The molecule has 0 atom stereocenters. The number of pyridine rings is 1. The van der Waals surface area contributed by atoms with Crippen LogP contribution in [-0.2, 0) is 4.74 Å². The summed E-state index contributed by atoms with van der Waals surface area (Å²) in [4.78, 5) is 30.6. The first-order valence-corrected chi connectivity index (χ1v) is 11.8. The third kappa shape index (κ3) is 5.69. The predicted molar refractivity (Wildman–Crippen MR) is 139 cm³/mol. The van der Waals surface area contributed by atoms with Crippen molar-refractivity contribution in [2.75, 3.05) is 18.4 Å². The normalized spacial score (nSPS) is 14.0. The van der Waals surface area contributed by atoms with E-state index >= 15 is 0 Å². The van der Waals surface area contributed by atoms with Crippen LogP contribution in [0.2, 0.25) is 10.0 Å². The summed E-state index contributed by atoms with van der Waals surface area (Å²) >= 11 is 12.3. The Hall–Kier alpha value is -3.29. The number of carboxylic acid groups (broad SMARTS) is 1. The number of aromatic carboxylic acids is 1. The number of benzene rings is 2. The molecule has 182 valence electrons. The van der Waals surface area contributed by atoms with Crippen molar-refractivity contribution in [2.24, 2.45) is 0 Å². The largest absolute Gasteiger partial charge is 0.478 e. The number of nitrogens with one attached hydrogen (secondary N) is 1. The van der Waals surface area contributed by atoms with Gasteiger partial charge < -0.3 is 20.1 Å². The van der Waals surface area contributed by atoms with Crippen LogP contribution in [0, 0.1) is 0 Å². The minimum Gasteiger partial charge on any atom is -0.478 e. The maximum absolute atomic E-state index is 12.5. The third-order valence-corrected chi connectivity index (χ3v) is 5.98. The predicted octanol–water partition coefficient (Wildman–Crippen LogP) is 7.01. The Bertz CT molecular complexity index is 1350. The van der Waals surface area contributed by atoms with Crippen LogP contribution in [0.1, 0.15) is 43.1 Å². The van der Waals surface area contributed by atoms with Crippen LogP contribution in [0.4, 0.5) is 16.2 Å². The second-order valence-electron chi connectivity index (χ2n) is 9.23. The molecular formula is C26H25Cl2N3O4. The number of rotatable bonds is 4. The van der Waals surface area contributed by atoms with Gasteiger partial charge in [-0.3, -0.25) is 4.98 Å². The Morgan fingerprint density at radius 2 is 1.83 bits per heavy atom. The number of aromatic nitrogens is 1. The molecule has 3 aromatic rings. The Morgan fingerprint density at radius 3 is 2.49 bits per heavy atom. The minimum atomic E-state index is -1.10. The maximum atomic E-state index is 12.5. The third-order valence-electron chi connectivity index (χ3n) is 5.51. The first-order chi connectivity index (χ1) is 16.5. The number of amides is 1. The summed E-state index contributed by atoms with van der Waals surface area (Å²) in [5.41, 5.74) is 3.03. The molecule has 0 spiro atoms. The zero-order chi connectivity index (χ0) is 25.3. The number of nitrogens with zero attached hydrogens (tertiary/aromatic N) is 2. The minimum absolute atomic E-state index is 0.0455. The molecule has 4 rings (SSSR count). The van der Waals surface area contributed by atoms with E-state index in [9.17, 15) is 14.7 Å². The SMILES string of the molecule is CC(C)(C)OC(=O)N1CC=C(c2cnc3ccc(Cl)cc3c2Nc2ccc(Cl)cc2C(=O)O)CC1. The van der Waals surface area contributed by atoms with Gasteiger partial charge in [-0.2, -0.15) is 0 Å². The first-order valence-electron chi connectivity index (χ1n) is 11.1. The van der Waals surface area contributed by atoms with Crippen molar-refractivity contribution >= 4 is 63.1 Å². The number of anilines is 2. The highest BCUT2D eigenvalue weighted by atomic mass is 35.5. The number of fused-ring (bicyclic) bond motifs is 1. The lowest BCUT2D eigenvalue weighted by Crippen LogP contribution is -2.39. The lowest BCUT2D eigenvalue weighted by Gasteiger charge is -2.30. The molecule has 0 saturated carbocycles. The lowest BCUT2D eigenvalue weighted by atomic mass is 9.97. The van der Waals surface area contributed by atoms with Gasteiger partial charge in [0.25, 0.3) is 0 Å². The van der Waals surface area contributed by atoms with E-state index in [1.165, 1.54) is 6.07 Å². The zero-order valence-corrected chi connectivity index (χ0v) is 21.1. The highest BCUT2D eigenvalue weighted by molar-refractivity contribution is 6.31. The Morgan fingerprint density at radius 1 is 1.11 bits per heavy atom. The van der Waals surface area contributed by atoms with Crippen molar-refractivity contribution < 1.29 is 19.4 Å². The van der Waals surface area contributed by atoms with Crippen molar-refractivity contribution in [1.29, 1.82) is 0 Å². The van der Waals surface area contributed by atoms with Crippen molar-refractivity contribution in [2.45, 2.75) is 32.8 Å². The Kier molecular flexibility index (Phi) is 6.92. The fourth-order valence-electron chi connectivity index (χ4n) is 3.89. The molecule has 1 aliphatic heterocycles. The number of hydrogen-bond donors (Lipinski definition) is 2. The van der Waals surface area contributed by atoms with E-state index in [1.807, 2.05) is 32.9 Å². The fourth-order valence-corrected chi connectivity index (χ4v) is 4.23. The van der Waals surface area contributed by atoms with Gasteiger partial charge >= 0.3 is 12.1 Å². The molecule has 0 aliphatic carbocycles. The molecule has 2 heterocycles. The molecule has 0 unspecified atom stereocenters. The summed E-state index contributed by atoms with van der Waals surface area (Å²) in [6.45, 7) is 6.37. The van der Waals surface area contributed by atoms with E-state index in [2.05, 4.69) is 10.3 Å². The van der Waals surface area contributed by atoms with Gasteiger partial charge in [-0.1, -0.05) is 29.3 Å². The van der Waals surface area contributed by atoms with Crippen LogP contribution >= 0.6 is 23.2 Å². The van der Waals surface area contributed by atoms with Crippen LogP contribution in [0.15, 0.2) is 48.7 Å². The molecule has 0 fully saturated rings. The highest BCUT2D eigenvalue weighted by Gasteiger charge is 2.25. The van der Waals surface area contributed by atoms with Crippen LogP contribution in [-0.4, -0.2) is 45.7 Å². The summed E-state index contributed by atoms with van der Waals surface area (Å²) in [6.07, 6.45) is 3.94. The summed E-state index contributed by atoms with van der Waals surface area (Å²) in [7, 11) is 0. The molecule has 2 aromatic carbocycles. The average Bonchev–Trinajstić information content (AvgIpc) is 2.79. The van der Waals surface area contributed by atoms with Gasteiger partial charge in [0.15, 0.2) is 0 Å². The summed E-state index contributed by atoms with van der Waals surface area (Å²) in [5, 5.41) is 14.6. The maximum Gasteiger partial charge on any atom is 0.410 e.